The van der Waals surface area contributed by atoms with Crippen LogP contribution in [0.1, 0.15) is 39.0 Å². The van der Waals surface area contributed by atoms with Crippen LogP contribution >= 0.6 is 0 Å². The second kappa shape index (κ2) is 7.86. The van der Waals surface area contributed by atoms with E-state index >= 15 is 0 Å². The van der Waals surface area contributed by atoms with Gasteiger partial charge < -0.3 is 9.64 Å². The first-order valence-corrected chi connectivity index (χ1v) is 9.46. The molecule has 1 aliphatic heterocycles. The number of carbonyl (C=O) groups excluding carboxylic acids is 1. The van der Waals surface area contributed by atoms with Gasteiger partial charge in [-0.05, 0) is 38.1 Å². The highest BCUT2D eigenvalue weighted by atomic mass is 16.5. The van der Waals surface area contributed by atoms with E-state index in [1.165, 1.54) is 6.20 Å². The summed E-state index contributed by atoms with van der Waals surface area (Å²) in [4.78, 5) is 19.2. The van der Waals surface area contributed by atoms with Crippen LogP contribution in [0.3, 0.4) is 0 Å². The number of ether oxygens (including phenoxy) is 1. The third-order valence-corrected chi connectivity index (χ3v) is 5.18. The number of amides is 1. The van der Waals surface area contributed by atoms with E-state index in [1.54, 1.807) is 17.0 Å². The number of nitriles is 1. The molecular weight excluding hydrogens is 366 g/mol. The minimum Gasteiger partial charge on any atom is -0.377 e. The van der Waals surface area contributed by atoms with E-state index in [1.807, 2.05) is 54.9 Å². The largest absolute Gasteiger partial charge is 0.377 e. The van der Waals surface area contributed by atoms with Gasteiger partial charge in [-0.1, -0.05) is 18.2 Å². The molecule has 1 atom stereocenters. The lowest BCUT2D eigenvalue weighted by molar-refractivity contribution is -0.00334. The van der Waals surface area contributed by atoms with Gasteiger partial charge >= 0.3 is 0 Å². The topological polar surface area (TPSA) is 84.0 Å². The summed E-state index contributed by atoms with van der Waals surface area (Å²) >= 11 is 0. The quantitative estimate of drug-likeness (QED) is 0.690. The Morgan fingerprint density at radius 3 is 2.69 bits per heavy atom. The van der Waals surface area contributed by atoms with Gasteiger partial charge in [-0.25, -0.2) is 9.67 Å². The van der Waals surface area contributed by atoms with Gasteiger partial charge in [0.2, 0.25) is 0 Å². The lowest BCUT2D eigenvalue weighted by Gasteiger charge is -2.35. The van der Waals surface area contributed by atoms with Crippen LogP contribution in [0.5, 0.6) is 0 Å². The monoisotopic (exact) mass is 387 g/mol. The molecular formula is C22H21N5O2. The summed E-state index contributed by atoms with van der Waals surface area (Å²) in [5.41, 5.74) is 4.57. The molecule has 0 unspecified atom stereocenters. The van der Waals surface area contributed by atoms with E-state index in [2.05, 4.69) is 4.98 Å². The smallest absolute Gasteiger partial charge is 0.273 e. The van der Waals surface area contributed by atoms with Crippen molar-refractivity contribution in [2.75, 3.05) is 19.8 Å². The van der Waals surface area contributed by atoms with E-state index in [4.69, 9.17) is 15.1 Å². The van der Waals surface area contributed by atoms with Gasteiger partial charge in [-0.15, -0.1) is 0 Å². The second-order valence-electron chi connectivity index (χ2n) is 6.97. The molecule has 7 heteroatoms. The number of nitrogens with zero attached hydrogens (tertiary/aromatic N) is 5. The zero-order valence-corrected chi connectivity index (χ0v) is 16.4. The van der Waals surface area contributed by atoms with Crippen LogP contribution in [0.2, 0.25) is 0 Å². The maximum absolute atomic E-state index is 13.2. The van der Waals surface area contributed by atoms with Gasteiger partial charge in [-0.2, -0.15) is 10.4 Å². The Balaban J connectivity index is 1.70. The Morgan fingerprint density at radius 1 is 1.21 bits per heavy atom. The van der Waals surface area contributed by atoms with Gasteiger partial charge in [0, 0.05) is 24.0 Å². The lowest BCUT2D eigenvalue weighted by Crippen LogP contribution is -2.44. The van der Waals surface area contributed by atoms with Crippen molar-refractivity contribution in [2.24, 2.45) is 0 Å². The molecule has 0 aliphatic carbocycles. The predicted octanol–water partition coefficient (Wildman–Crippen LogP) is 2.97. The molecule has 7 nitrogen and oxygen atoms in total. The molecule has 29 heavy (non-hydrogen) atoms. The Bertz CT molecular complexity index is 1070. The molecule has 1 aliphatic rings. The number of aromatic nitrogens is 3. The summed E-state index contributed by atoms with van der Waals surface area (Å²) in [6.45, 7) is 5.33. The highest BCUT2D eigenvalue weighted by Crippen LogP contribution is 2.31. The van der Waals surface area contributed by atoms with Gasteiger partial charge in [0.05, 0.1) is 36.2 Å². The molecule has 2 aromatic heterocycles. The maximum atomic E-state index is 13.2. The molecule has 1 saturated heterocycles. The van der Waals surface area contributed by atoms with Crippen molar-refractivity contribution in [2.45, 2.75) is 19.9 Å². The van der Waals surface area contributed by atoms with Gasteiger partial charge in [-0.3, -0.25) is 4.79 Å². The van der Waals surface area contributed by atoms with Crippen molar-refractivity contribution in [3.05, 3.63) is 76.9 Å². The van der Waals surface area contributed by atoms with E-state index in [0.29, 0.717) is 31.0 Å². The Hall–Kier alpha value is -3.50. The Labute approximate surface area is 169 Å². The number of carbonyl (C=O) groups is 1. The number of hydrogen-bond donors (Lipinski definition) is 0. The molecule has 0 spiro atoms. The summed E-state index contributed by atoms with van der Waals surface area (Å²) in [5.74, 6) is -0.172. The number of pyridine rings is 1. The SMILES string of the molecule is Cc1nn(-c2ccccc2)c(C)c1[C@H]1COCCN1C(=O)c1ccc(C#N)cn1. The van der Waals surface area contributed by atoms with Gasteiger partial charge in [0.25, 0.3) is 5.91 Å². The van der Waals surface area contributed by atoms with Crippen molar-refractivity contribution in [1.29, 1.82) is 5.26 Å². The maximum Gasteiger partial charge on any atom is 0.273 e. The van der Waals surface area contributed by atoms with Gasteiger partial charge in [0.15, 0.2) is 0 Å². The number of aryl methyl sites for hydroxylation is 1. The molecule has 146 valence electrons. The van der Waals surface area contributed by atoms with E-state index in [0.717, 1.165) is 22.6 Å². The zero-order chi connectivity index (χ0) is 20.4. The summed E-state index contributed by atoms with van der Waals surface area (Å²) in [7, 11) is 0. The molecule has 1 fully saturated rings. The number of benzene rings is 1. The first kappa shape index (κ1) is 18.8. The van der Waals surface area contributed by atoms with Crippen LogP contribution in [0, 0.1) is 25.2 Å². The molecule has 3 aromatic rings. The summed E-state index contributed by atoms with van der Waals surface area (Å²) < 4.78 is 7.62. The molecule has 0 saturated carbocycles. The first-order valence-electron chi connectivity index (χ1n) is 9.46. The van der Waals surface area contributed by atoms with E-state index in [-0.39, 0.29) is 11.9 Å². The normalized spacial score (nSPS) is 16.4. The van der Waals surface area contributed by atoms with Crippen LogP contribution in [0.15, 0.2) is 48.7 Å². The van der Waals surface area contributed by atoms with Gasteiger partial charge in [0.1, 0.15) is 11.8 Å². The fraction of sp³-hybridized carbons (Fsp3) is 0.273. The zero-order valence-electron chi connectivity index (χ0n) is 16.4. The Morgan fingerprint density at radius 2 is 2.00 bits per heavy atom. The second-order valence-corrected chi connectivity index (χ2v) is 6.97. The van der Waals surface area contributed by atoms with Crippen LogP contribution in [0.25, 0.3) is 5.69 Å². The molecule has 0 N–H and O–H groups in total. The summed E-state index contributed by atoms with van der Waals surface area (Å²) in [5, 5.41) is 13.7. The number of para-hydroxylation sites is 1. The molecule has 0 bridgehead atoms. The average molecular weight is 387 g/mol. The molecule has 1 aromatic carbocycles. The van der Waals surface area contributed by atoms with E-state index in [9.17, 15) is 4.79 Å². The lowest BCUT2D eigenvalue weighted by atomic mass is 10.0. The molecule has 3 heterocycles. The number of hydrogen-bond acceptors (Lipinski definition) is 5. The van der Waals surface area contributed by atoms with E-state index < -0.39 is 0 Å². The fourth-order valence-corrected chi connectivity index (χ4v) is 3.78. The highest BCUT2D eigenvalue weighted by Gasteiger charge is 2.33. The van der Waals surface area contributed by atoms with Crippen LogP contribution < -0.4 is 0 Å². The average Bonchev–Trinajstić information content (AvgIpc) is 3.07. The molecule has 4 rings (SSSR count). The highest BCUT2D eigenvalue weighted by molar-refractivity contribution is 5.92. The Kier molecular flexibility index (Phi) is 5.10. The number of morpholine rings is 1. The summed E-state index contributed by atoms with van der Waals surface area (Å²) in [6.07, 6.45) is 1.42. The standard InChI is InChI=1S/C22H21N5O2/c1-15-21(16(2)27(25-15)18-6-4-3-5-7-18)20-14-29-11-10-26(20)22(28)19-9-8-17(12-23)13-24-19/h3-9,13,20H,10-11,14H2,1-2H3/t20-/m1/s1. The minimum atomic E-state index is -0.244. The van der Waals surface area contributed by atoms with Crippen LogP contribution in [-0.4, -0.2) is 45.3 Å². The van der Waals surface area contributed by atoms with Crippen molar-refractivity contribution >= 4 is 5.91 Å². The van der Waals surface area contributed by atoms with Crippen molar-refractivity contribution < 1.29 is 9.53 Å². The van der Waals surface area contributed by atoms with Crippen LogP contribution in [0.4, 0.5) is 0 Å². The number of rotatable bonds is 3. The van der Waals surface area contributed by atoms with Crippen molar-refractivity contribution in [1.82, 2.24) is 19.7 Å². The molecule has 0 radical (unpaired) electrons. The molecule has 1 amide bonds. The third kappa shape index (κ3) is 3.50. The minimum absolute atomic E-state index is 0.172. The fourth-order valence-electron chi connectivity index (χ4n) is 3.78. The predicted molar refractivity (Wildman–Crippen MR) is 107 cm³/mol. The van der Waals surface area contributed by atoms with Crippen molar-refractivity contribution in [3.8, 4) is 11.8 Å². The van der Waals surface area contributed by atoms with Crippen molar-refractivity contribution in [3.63, 3.8) is 0 Å². The van der Waals surface area contributed by atoms with Crippen LogP contribution in [-0.2, 0) is 4.74 Å². The first-order chi connectivity index (χ1) is 14.1. The summed E-state index contributed by atoms with van der Waals surface area (Å²) in [6, 6.07) is 14.9. The third-order valence-electron chi connectivity index (χ3n) is 5.18.